The van der Waals surface area contributed by atoms with Crippen molar-refractivity contribution < 1.29 is 19.5 Å². The minimum atomic E-state index is -1.28. The van der Waals surface area contributed by atoms with Crippen LogP contribution in [0.5, 0.6) is 0 Å². The molecule has 0 heterocycles. The van der Waals surface area contributed by atoms with Gasteiger partial charge in [-0.2, -0.15) is 10.2 Å². The van der Waals surface area contributed by atoms with Crippen LogP contribution in [0, 0.1) is 6.92 Å². The Morgan fingerprint density at radius 2 is 1.68 bits per heavy atom. The SMILES string of the molecule is CC(=O)C(N=Nc1ccc(C(=O)O)cc1)C(=O)Nc1ccccc1C. The van der Waals surface area contributed by atoms with Gasteiger partial charge >= 0.3 is 5.97 Å². The third-order valence-electron chi connectivity index (χ3n) is 3.44. The van der Waals surface area contributed by atoms with Crippen LogP contribution >= 0.6 is 0 Å². The van der Waals surface area contributed by atoms with E-state index >= 15 is 0 Å². The first-order chi connectivity index (χ1) is 11.9. The number of carboxylic acids is 1. The largest absolute Gasteiger partial charge is 0.478 e. The first-order valence-electron chi connectivity index (χ1n) is 7.49. The van der Waals surface area contributed by atoms with Gasteiger partial charge in [-0.25, -0.2) is 4.79 Å². The van der Waals surface area contributed by atoms with Crippen LogP contribution in [0.15, 0.2) is 58.8 Å². The minimum Gasteiger partial charge on any atom is -0.478 e. The topological polar surface area (TPSA) is 108 Å². The Kier molecular flexibility index (Phi) is 5.73. The maximum Gasteiger partial charge on any atom is 0.335 e. The van der Waals surface area contributed by atoms with Gasteiger partial charge in [-0.3, -0.25) is 9.59 Å². The van der Waals surface area contributed by atoms with Crippen LogP contribution in [-0.4, -0.2) is 28.8 Å². The van der Waals surface area contributed by atoms with Gasteiger partial charge in [-0.05, 0) is 49.7 Å². The fraction of sp³-hybridized carbons (Fsp3) is 0.167. The molecular formula is C18H17N3O4. The van der Waals surface area contributed by atoms with Crippen LogP contribution in [0.1, 0.15) is 22.8 Å². The molecule has 128 valence electrons. The Morgan fingerprint density at radius 1 is 1.04 bits per heavy atom. The number of Topliss-reactive ketones (excluding diaryl/α,β-unsaturated/α-hetero) is 1. The number of rotatable bonds is 6. The van der Waals surface area contributed by atoms with E-state index in [4.69, 9.17) is 5.11 Å². The highest BCUT2D eigenvalue weighted by atomic mass is 16.4. The predicted octanol–water partition coefficient (Wildman–Crippen LogP) is 3.37. The molecule has 0 fully saturated rings. The molecule has 2 aromatic rings. The monoisotopic (exact) mass is 339 g/mol. The molecule has 0 saturated carbocycles. The van der Waals surface area contributed by atoms with Crippen LogP contribution in [0.2, 0.25) is 0 Å². The number of hydrogen-bond acceptors (Lipinski definition) is 5. The lowest BCUT2D eigenvalue weighted by Gasteiger charge is -2.11. The van der Waals surface area contributed by atoms with Gasteiger partial charge in [0.05, 0.1) is 11.3 Å². The van der Waals surface area contributed by atoms with E-state index in [9.17, 15) is 14.4 Å². The zero-order valence-corrected chi connectivity index (χ0v) is 13.8. The second-order valence-electron chi connectivity index (χ2n) is 5.38. The standard InChI is InChI=1S/C18H17N3O4/c1-11-5-3-4-6-15(11)19-17(23)16(12(2)22)21-20-14-9-7-13(8-10-14)18(24)25/h3-10,16H,1-2H3,(H,19,23)(H,24,25). The van der Waals surface area contributed by atoms with Gasteiger partial charge in [0.2, 0.25) is 6.04 Å². The van der Waals surface area contributed by atoms with E-state index in [1.54, 1.807) is 12.1 Å². The average molecular weight is 339 g/mol. The molecule has 7 heteroatoms. The Labute approximate surface area is 144 Å². The van der Waals surface area contributed by atoms with Crippen molar-refractivity contribution in [3.05, 3.63) is 59.7 Å². The molecule has 0 bridgehead atoms. The highest BCUT2D eigenvalue weighted by Crippen LogP contribution is 2.17. The molecule has 1 unspecified atom stereocenters. The number of aryl methyl sites for hydroxylation is 1. The average Bonchev–Trinajstić information content (AvgIpc) is 2.57. The lowest BCUT2D eigenvalue weighted by atomic mass is 10.1. The maximum absolute atomic E-state index is 12.3. The summed E-state index contributed by atoms with van der Waals surface area (Å²) in [5.74, 6) is -2.08. The van der Waals surface area contributed by atoms with E-state index in [1.807, 2.05) is 19.1 Å². The molecule has 0 aromatic heterocycles. The molecule has 2 N–H and O–H groups in total. The summed E-state index contributed by atoms with van der Waals surface area (Å²) in [6.07, 6.45) is 0. The number of amides is 1. The fourth-order valence-corrected chi connectivity index (χ4v) is 2.03. The van der Waals surface area contributed by atoms with E-state index in [2.05, 4.69) is 15.5 Å². The van der Waals surface area contributed by atoms with Crippen molar-refractivity contribution in [2.24, 2.45) is 10.2 Å². The van der Waals surface area contributed by atoms with Gasteiger partial charge in [0.1, 0.15) is 0 Å². The van der Waals surface area contributed by atoms with Gasteiger partial charge in [-0.15, -0.1) is 0 Å². The number of carbonyl (C=O) groups is 3. The predicted molar refractivity (Wildman–Crippen MR) is 92.2 cm³/mol. The molecule has 25 heavy (non-hydrogen) atoms. The van der Waals surface area contributed by atoms with Crippen molar-refractivity contribution in [2.75, 3.05) is 5.32 Å². The molecule has 0 radical (unpaired) electrons. The molecular weight excluding hydrogens is 322 g/mol. The summed E-state index contributed by atoms with van der Waals surface area (Å²) in [7, 11) is 0. The summed E-state index contributed by atoms with van der Waals surface area (Å²) in [6.45, 7) is 3.10. The summed E-state index contributed by atoms with van der Waals surface area (Å²) in [5.41, 5.74) is 1.92. The molecule has 7 nitrogen and oxygen atoms in total. The lowest BCUT2D eigenvalue weighted by Crippen LogP contribution is -2.32. The number of azo groups is 1. The smallest absolute Gasteiger partial charge is 0.335 e. The van der Waals surface area contributed by atoms with Crippen molar-refractivity contribution in [3.8, 4) is 0 Å². The Morgan fingerprint density at radius 3 is 2.24 bits per heavy atom. The van der Waals surface area contributed by atoms with Gasteiger partial charge < -0.3 is 10.4 Å². The van der Waals surface area contributed by atoms with Crippen molar-refractivity contribution in [2.45, 2.75) is 19.9 Å². The molecule has 1 amide bonds. The number of nitrogens with zero attached hydrogens (tertiary/aromatic N) is 2. The van der Waals surface area contributed by atoms with Crippen molar-refractivity contribution >= 4 is 29.0 Å². The number of hydrogen-bond donors (Lipinski definition) is 2. The molecule has 1 atom stereocenters. The van der Waals surface area contributed by atoms with Gasteiger partial charge in [0.15, 0.2) is 5.78 Å². The fourth-order valence-electron chi connectivity index (χ4n) is 2.03. The molecule has 2 aromatic carbocycles. The van der Waals surface area contributed by atoms with Crippen molar-refractivity contribution in [1.82, 2.24) is 0 Å². The van der Waals surface area contributed by atoms with E-state index < -0.39 is 23.7 Å². The van der Waals surface area contributed by atoms with Gasteiger partial charge in [0, 0.05) is 5.69 Å². The summed E-state index contributed by atoms with van der Waals surface area (Å²) in [6, 6.07) is 11.5. The van der Waals surface area contributed by atoms with E-state index in [-0.39, 0.29) is 5.56 Å². The van der Waals surface area contributed by atoms with Gasteiger partial charge in [-0.1, -0.05) is 18.2 Å². The Hall–Kier alpha value is -3.35. The number of anilines is 1. The zero-order valence-electron chi connectivity index (χ0n) is 13.8. The highest BCUT2D eigenvalue weighted by molar-refractivity contribution is 6.10. The molecule has 0 aliphatic carbocycles. The third-order valence-corrected chi connectivity index (χ3v) is 3.44. The molecule has 0 spiro atoms. The number of carbonyl (C=O) groups excluding carboxylic acids is 2. The molecule has 0 aliphatic heterocycles. The summed E-state index contributed by atoms with van der Waals surface area (Å²) in [5, 5.41) is 19.2. The number of ketones is 1. The molecule has 2 rings (SSSR count). The number of para-hydroxylation sites is 1. The molecule has 0 aliphatic rings. The van der Waals surface area contributed by atoms with Crippen LogP contribution in [0.3, 0.4) is 0 Å². The Balaban J connectivity index is 2.14. The second kappa shape index (κ2) is 7.96. The highest BCUT2D eigenvalue weighted by Gasteiger charge is 2.23. The molecule has 0 saturated heterocycles. The second-order valence-corrected chi connectivity index (χ2v) is 5.38. The normalized spacial score (nSPS) is 11.9. The van der Waals surface area contributed by atoms with Gasteiger partial charge in [0.25, 0.3) is 5.91 Å². The quantitative estimate of drug-likeness (QED) is 0.621. The van der Waals surface area contributed by atoms with Crippen LogP contribution in [0.4, 0.5) is 11.4 Å². The number of nitrogens with one attached hydrogen (secondary N) is 1. The number of carboxylic acid groups (broad SMARTS) is 1. The minimum absolute atomic E-state index is 0.111. The zero-order chi connectivity index (χ0) is 18.4. The van der Waals surface area contributed by atoms with Crippen LogP contribution in [-0.2, 0) is 9.59 Å². The first-order valence-corrected chi connectivity index (χ1v) is 7.49. The summed E-state index contributed by atoms with van der Waals surface area (Å²) in [4.78, 5) is 34.8. The van der Waals surface area contributed by atoms with Crippen molar-refractivity contribution in [3.63, 3.8) is 0 Å². The lowest BCUT2D eigenvalue weighted by molar-refractivity contribution is -0.126. The number of aromatic carboxylic acids is 1. The van der Waals surface area contributed by atoms with E-state index in [0.29, 0.717) is 11.4 Å². The first kappa shape index (κ1) is 18.0. The summed E-state index contributed by atoms with van der Waals surface area (Å²) < 4.78 is 0. The van der Waals surface area contributed by atoms with Crippen LogP contribution in [0.25, 0.3) is 0 Å². The third kappa shape index (κ3) is 4.81. The Bertz CT molecular complexity index is 828. The maximum atomic E-state index is 12.3. The van der Waals surface area contributed by atoms with E-state index in [1.165, 1.54) is 31.2 Å². The van der Waals surface area contributed by atoms with Crippen molar-refractivity contribution in [1.29, 1.82) is 0 Å². The van der Waals surface area contributed by atoms with E-state index in [0.717, 1.165) is 5.56 Å². The van der Waals surface area contributed by atoms with Crippen LogP contribution < -0.4 is 5.32 Å². The number of benzene rings is 2. The summed E-state index contributed by atoms with van der Waals surface area (Å²) >= 11 is 0.